The van der Waals surface area contributed by atoms with Crippen molar-refractivity contribution < 1.29 is 12.8 Å². The van der Waals surface area contributed by atoms with Crippen LogP contribution in [0.25, 0.3) is 0 Å². The highest BCUT2D eigenvalue weighted by molar-refractivity contribution is 7.89. The molecule has 4 nitrogen and oxygen atoms in total. The van der Waals surface area contributed by atoms with Gasteiger partial charge in [0.25, 0.3) is 0 Å². The van der Waals surface area contributed by atoms with Crippen LogP contribution in [0.3, 0.4) is 0 Å². The maximum Gasteiger partial charge on any atom is 0.246 e. The van der Waals surface area contributed by atoms with E-state index in [4.69, 9.17) is 0 Å². The van der Waals surface area contributed by atoms with E-state index in [0.29, 0.717) is 13.1 Å². The number of halogens is 1. The normalized spacial score (nSPS) is 26.7. The van der Waals surface area contributed by atoms with E-state index in [1.54, 1.807) is 6.07 Å². The Morgan fingerprint density at radius 3 is 2.61 bits per heavy atom. The fraction of sp³-hybridized carbons (Fsp3) is 0.529. The highest BCUT2D eigenvalue weighted by Gasteiger charge is 2.46. The molecule has 0 aliphatic carbocycles. The molecule has 0 amide bonds. The molecule has 1 unspecified atom stereocenters. The summed E-state index contributed by atoms with van der Waals surface area (Å²) >= 11 is 0. The Morgan fingerprint density at radius 1 is 1.22 bits per heavy atom. The van der Waals surface area contributed by atoms with Crippen molar-refractivity contribution in [2.45, 2.75) is 36.1 Å². The van der Waals surface area contributed by atoms with Crippen LogP contribution >= 0.6 is 0 Å². The summed E-state index contributed by atoms with van der Waals surface area (Å²) in [5.74, 6) is -0.679. The number of rotatable bonds is 4. The predicted octanol–water partition coefficient (Wildman–Crippen LogP) is 2.63. The number of hydrogen-bond acceptors (Lipinski definition) is 3. The summed E-state index contributed by atoms with van der Waals surface area (Å²) in [6.45, 7) is 6.45. The Labute approximate surface area is 137 Å². The molecule has 126 valence electrons. The van der Waals surface area contributed by atoms with Gasteiger partial charge in [0.05, 0.1) is 0 Å². The molecule has 0 saturated carbocycles. The molecule has 1 atom stereocenters. The van der Waals surface area contributed by atoms with E-state index in [2.05, 4.69) is 11.5 Å². The van der Waals surface area contributed by atoms with Gasteiger partial charge in [0, 0.05) is 25.2 Å². The van der Waals surface area contributed by atoms with E-state index in [9.17, 15) is 12.8 Å². The summed E-state index contributed by atoms with van der Waals surface area (Å²) < 4.78 is 41.2. The van der Waals surface area contributed by atoms with Crippen LogP contribution in [-0.4, -0.2) is 49.3 Å². The third-order valence-corrected chi connectivity index (χ3v) is 6.94. The highest BCUT2D eigenvalue weighted by atomic mass is 32.2. The van der Waals surface area contributed by atoms with Crippen LogP contribution in [0.4, 0.5) is 4.39 Å². The lowest BCUT2D eigenvalue weighted by Gasteiger charge is -2.45. The summed E-state index contributed by atoms with van der Waals surface area (Å²) in [7, 11) is -3.79. The number of nitrogens with zero attached hydrogens (tertiary/aromatic N) is 2. The van der Waals surface area contributed by atoms with E-state index < -0.39 is 15.8 Å². The van der Waals surface area contributed by atoms with Crippen molar-refractivity contribution in [1.29, 1.82) is 0 Å². The van der Waals surface area contributed by atoms with Crippen molar-refractivity contribution in [3.63, 3.8) is 0 Å². The first-order valence-corrected chi connectivity index (χ1v) is 9.54. The highest BCUT2D eigenvalue weighted by Crippen LogP contribution is 2.38. The van der Waals surface area contributed by atoms with Gasteiger partial charge < -0.3 is 0 Å². The van der Waals surface area contributed by atoms with Crippen molar-refractivity contribution in [1.82, 2.24) is 9.21 Å². The van der Waals surface area contributed by atoms with Gasteiger partial charge in [0.2, 0.25) is 10.0 Å². The van der Waals surface area contributed by atoms with Crippen molar-refractivity contribution in [3.05, 3.63) is 42.7 Å². The van der Waals surface area contributed by atoms with Gasteiger partial charge in [0.15, 0.2) is 0 Å². The minimum absolute atomic E-state index is 0.120. The number of hydrogen-bond donors (Lipinski definition) is 0. The molecule has 2 saturated heterocycles. The Hall–Kier alpha value is -1.24. The van der Waals surface area contributed by atoms with Crippen LogP contribution in [0.5, 0.6) is 0 Å². The van der Waals surface area contributed by atoms with Crippen molar-refractivity contribution in [2.75, 3.05) is 26.2 Å². The lowest BCUT2D eigenvalue weighted by molar-refractivity contribution is 0.0840. The summed E-state index contributed by atoms with van der Waals surface area (Å²) in [6, 6.07) is 5.62. The van der Waals surface area contributed by atoms with Gasteiger partial charge in [-0.1, -0.05) is 18.2 Å². The Balaban J connectivity index is 1.89. The van der Waals surface area contributed by atoms with Gasteiger partial charge in [-0.25, -0.2) is 12.8 Å². The summed E-state index contributed by atoms with van der Waals surface area (Å²) in [5, 5.41) is 0. The number of benzene rings is 1. The smallest absolute Gasteiger partial charge is 0.246 e. The monoisotopic (exact) mass is 338 g/mol. The zero-order valence-electron chi connectivity index (χ0n) is 13.2. The second kappa shape index (κ2) is 6.34. The molecular formula is C17H23FN2O2S. The molecule has 2 heterocycles. The fourth-order valence-corrected chi connectivity index (χ4v) is 5.59. The molecule has 1 aromatic carbocycles. The molecule has 23 heavy (non-hydrogen) atoms. The van der Waals surface area contributed by atoms with Gasteiger partial charge in [-0.2, -0.15) is 4.31 Å². The molecule has 3 rings (SSSR count). The minimum Gasteiger partial charge on any atom is -0.293 e. The molecule has 0 bridgehead atoms. The lowest BCUT2D eigenvalue weighted by atomic mass is 9.87. The topological polar surface area (TPSA) is 40.6 Å². The van der Waals surface area contributed by atoms with Crippen LogP contribution in [0.2, 0.25) is 0 Å². The van der Waals surface area contributed by atoms with Crippen LogP contribution in [0.1, 0.15) is 25.7 Å². The van der Waals surface area contributed by atoms with Crippen molar-refractivity contribution >= 4 is 10.0 Å². The molecule has 6 heteroatoms. The SMILES string of the molecule is C=CCN1CCCC12CCCN(S(=O)(=O)c1ccccc1F)C2. The van der Waals surface area contributed by atoms with Crippen molar-refractivity contribution in [2.24, 2.45) is 0 Å². The van der Waals surface area contributed by atoms with Gasteiger partial charge in [-0.05, 0) is 44.4 Å². The maximum atomic E-state index is 14.0. The zero-order chi connectivity index (χ0) is 16.5. The van der Waals surface area contributed by atoms with Crippen LogP contribution in [0.15, 0.2) is 41.8 Å². The number of sulfonamides is 1. The Morgan fingerprint density at radius 2 is 1.91 bits per heavy atom. The van der Waals surface area contributed by atoms with Gasteiger partial charge in [-0.3, -0.25) is 4.90 Å². The molecule has 1 spiro atoms. The number of likely N-dealkylation sites (tertiary alicyclic amines) is 1. The Kier molecular flexibility index (Phi) is 4.58. The third kappa shape index (κ3) is 2.95. The molecule has 0 N–H and O–H groups in total. The molecule has 2 aliphatic rings. The van der Waals surface area contributed by atoms with Crippen LogP contribution < -0.4 is 0 Å². The summed E-state index contributed by atoms with van der Waals surface area (Å²) in [5.41, 5.74) is -0.120. The summed E-state index contributed by atoms with van der Waals surface area (Å²) in [4.78, 5) is 2.12. The lowest BCUT2D eigenvalue weighted by Crippen LogP contribution is -2.56. The molecule has 2 aliphatic heterocycles. The first-order valence-electron chi connectivity index (χ1n) is 8.10. The first-order chi connectivity index (χ1) is 11.0. The maximum absolute atomic E-state index is 14.0. The van der Waals surface area contributed by atoms with Crippen LogP contribution in [0, 0.1) is 5.82 Å². The second-order valence-corrected chi connectivity index (χ2v) is 8.34. The Bertz CT molecular complexity index is 692. The van der Waals surface area contributed by atoms with Crippen molar-refractivity contribution in [3.8, 4) is 0 Å². The third-order valence-electron chi connectivity index (χ3n) is 5.07. The fourth-order valence-electron chi connectivity index (χ4n) is 3.97. The predicted molar refractivity (Wildman–Crippen MR) is 88.1 cm³/mol. The molecule has 2 fully saturated rings. The number of piperidine rings is 1. The van der Waals surface area contributed by atoms with Gasteiger partial charge in [-0.15, -0.1) is 6.58 Å². The van der Waals surface area contributed by atoms with E-state index in [0.717, 1.165) is 38.8 Å². The minimum atomic E-state index is -3.79. The molecule has 1 aromatic rings. The van der Waals surface area contributed by atoms with E-state index >= 15 is 0 Å². The van der Waals surface area contributed by atoms with Gasteiger partial charge >= 0.3 is 0 Å². The van der Waals surface area contributed by atoms with E-state index in [1.165, 1.54) is 22.5 Å². The molecular weight excluding hydrogens is 315 g/mol. The second-order valence-electron chi connectivity index (χ2n) is 6.44. The van der Waals surface area contributed by atoms with E-state index in [1.807, 2.05) is 6.08 Å². The largest absolute Gasteiger partial charge is 0.293 e. The standard InChI is InChI=1S/C17H23FN2O2S/c1-2-11-19-12-5-9-17(19)10-6-13-20(14-17)23(21,22)16-8-4-3-7-15(16)18/h2-4,7-8H,1,5-6,9-14H2. The molecule has 0 aromatic heterocycles. The van der Waals surface area contributed by atoms with Gasteiger partial charge in [0.1, 0.15) is 10.7 Å². The quantitative estimate of drug-likeness (QED) is 0.793. The first kappa shape index (κ1) is 16.6. The zero-order valence-corrected chi connectivity index (χ0v) is 14.1. The van der Waals surface area contributed by atoms with E-state index in [-0.39, 0.29) is 10.4 Å². The average molecular weight is 338 g/mol. The molecule has 0 radical (unpaired) electrons. The summed E-state index contributed by atoms with van der Waals surface area (Å²) in [6.07, 6.45) is 5.73. The average Bonchev–Trinajstić information content (AvgIpc) is 2.90. The van der Waals surface area contributed by atoms with Crippen LogP contribution in [-0.2, 0) is 10.0 Å².